The van der Waals surface area contributed by atoms with Crippen LogP contribution in [0.25, 0.3) is 0 Å². The van der Waals surface area contributed by atoms with Crippen LogP contribution in [0.3, 0.4) is 0 Å². The highest BCUT2D eigenvalue weighted by atomic mass is 32.2. The molecule has 0 heterocycles. The van der Waals surface area contributed by atoms with E-state index in [1.807, 2.05) is 13.0 Å². The molecule has 0 N–H and O–H groups in total. The van der Waals surface area contributed by atoms with Crippen LogP contribution < -0.4 is 19.1 Å². The maximum absolute atomic E-state index is 14.4. The van der Waals surface area contributed by atoms with Crippen LogP contribution in [0.1, 0.15) is 25.0 Å². The molecule has 214 valence electrons. The van der Waals surface area contributed by atoms with Crippen LogP contribution in [0.4, 0.5) is 10.1 Å². The minimum atomic E-state index is -4.11. The number of methoxy groups -OCH3 is 1. The monoisotopic (exact) mass is 579 g/mol. The van der Waals surface area contributed by atoms with Crippen molar-refractivity contribution in [3.05, 3.63) is 108 Å². The Morgan fingerprint density at radius 2 is 1.59 bits per heavy atom. The molecule has 4 aromatic carbocycles. The van der Waals surface area contributed by atoms with Gasteiger partial charge in [0, 0.05) is 18.6 Å². The lowest BCUT2D eigenvalue weighted by Gasteiger charge is -2.26. The highest BCUT2D eigenvalue weighted by Crippen LogP contribution is 2.36. The third kappa shape index (κ3) is 7.62. The van der Waals surface area contributed by atoms with Crippen molar-refractivity contribution in [3.63, 3.8) is 0 Å². The molecule has 0 aliphatic carbocycles. The summed E-state index contributed by atoms with van der Waals surface area (Å²) in [7, 11) is -2.63. The van der Waals surface area contributed by atoms with Crippen LogP contribution in [0, 0.1) is 12.7 Å². The number of halogens is 1. The first-order valence-corrected chi connectivity index (χ1v) is 14.1. The number of aryl methyl sites for hydroxylation is 1. The second-order valence-corrected chi connectivity index (χ2v) is 10.7. The van der Waals surface area contributed by atoms with Gasteiger partial charge in [-0.3, -0.25) is 4.79 Å². The van der Waals surface area contributed by atoms with Gasteiger partial charge in [0.05, 0.1) is 24.2 Å². The zero-order valence-corrected chi connectivity index (χ0v) is 23.9. The average Bonchev–Trinajstić information content (AvgIpc) is 2.94. The van der Waals surface area contributed by atoms with E-state index in [1.54, 1.807) is 54.6 Å². The van der Waals surface area contributed by atoms with E-state index in [4.69, 9.17) is 18.4 Å². The third-order valence-corrected chi connectivity index (χ3v) is 7.40. The van der Waals surface area contributed by atoms with Gasteiger partial charge >= 0.3 is 0 Å². The molecule has 0 aliphatic heterocycles. The number of hydrogen-bond acceptors (Lipinski definition) is 7. The Balaban J connectivity index is 1.63. The van der Waals surface area contributed by atoms with E-state index in [1.165, 1.54) is 56.2 Å². The van der Waals surface area contributed by atoms with Crippen LogP contribution in [0.5, 0.6) is 23.0 Å². The van der Waals surface area contributed by atoms with E-state index >= 15 is 0 Å². The van der Waals surface area contributed by atoms with Gasteiger partial charge < -0.3 is 19.1 Å². The Hall–Kier alpha value is -4.41. The summed E-state index contributed by atoms with van der Waals surface area (Å²) in [6.45, 7) is 4.56. The van der Waals surface area contributed by atoms with Gasteiger partial charge in [0.25, 0.3) is 10.1 Å². The molecule has 0 bridgehead atoms. The van der Waals surface area contributed by atoms with Crippen molar-refractivity contribution in [2.24, 2.45) is 0 Å². The maximum Gasteiger partial charge on any atom is 0.300 e. The molecule has 1 atom stereocenters. The second kappa shape index (κ2) is 12.8. The summed E-state index contributed by atoms with van der Waals surface area (Å²) in [5.74, 6) is 0.530. The molecule has 4 rings (SSSR count). The highest BCUT2D eigenvalue weighted by Gasteiger charge is 2.24. The fourth-order valence-corrected chi connectivity index (χ4v) is 4.98. The molecule has 10 heteroatoms. The van der Waals surface area contributed by atoms with Crippen LogP contribution >= 0.6 is 0 Å². The normalized spacial score (nSPS) is 11.9. The van der Waals surface area contributed by atoms with E-state index in [-0.39, 0.29) is 28.6 Å². The Kier molecular flexibility index (Phi) is 9.26. The number of carbonyl (C=O) groups excluding carboxylic acids is 1. The summed E-state index contributed by atoms with van der Waals surface area (Å²) < 4.78 is 62.5. The van der Waals surface area contributed by atoms with Crippen molar-refractivity contribution in [2.45, 2.75) is 38.5 Å². The Morgan fingerprint density at radius 3 is 2.24 bits per heavy atom. The maximum atomic E-state index is 14.4. The lowest BCUT2D eigenvalue weighted by Crippen LogP contribution is -2.29. The number of para-hydroxylation sites is 1. The van der Waals surface area contributed by atoms with Gasteiger partial charge in [-0.05, 0) is 68.4 Å². The Morgan fingerprint density at radius 1 is 0.902 bits per heavy atom. The number of anilines is 1. The van der Waals surface area contributed by atoms with Crippen molar-refractivity contribution < 1.29 is 36.0 Å². The number of nitrogens with zero attached hydrogens (tertiary/aromatic N) is 1. The standard InChI is InChI=1S/C31H30FNO7S/c1-21-10-14-28(15-11-21)41(35,36)40-23(3)38-30-17-13-27(37-4)18-24(30)20-33(22(2)34)29-19-25(32)12-16-31(29)39-26-8-6-5-7-9-26/h5-19,23H,20H2,1-4H3. The molecule has 8 nitrogen and oxygen atoms in total. The van der Waals surface area contributed by atoms with E-state index in [0.717, 1.165) is 5.56 Å². The van der Waals surface area contributed by atoms with Gasteiger partial charge in [0.2, 0.25) is 12.2 Å². The number of ether oxygens (including phenoxy) is 3. The molecule has 1 amide bonds. The number of amides is 1. The van der Waals surface area contributed by atoms with Gasteiger partial charge in [0.1, 0.15) is 23.1 Å². The first-order chi connectivity index (χ1) is 19.6. The number of benzene rings is 4. The summed E-state index contributed by atoms with van der Waals surface area (Å²) in [6.07, 6.45) is -1.22. The smallest absolute Gasteiger partial charge is 0.300 e. The zero-order chi connectivity index (χ0) is 29.6. The molecule has 1 unspecified atom stereocenters. The SMILES string of the molecule is COc1ccc(OC(C)OS(=O)(=O)c2ccc(C)cc2)c(CN(C(C)=O)c2cc(F)ccc2Oc2ccccc2)c1. The first kappa shape index (κ1) is 29.6. The van der Waals surface area contributed by atoms with Gasteiger partial charge in [0.15, 0.2) is 5.75 Å². The minimum Gasteiger partial charge on any atom is -0.497 e. The van der Waals surface area contributed by atoms with Crippen molar-refractivity contribution in [1.82, 2.24) is 0 Å². The summed E-state index contributed by atoms with van der Waals surface area (Å²) in [5, 5.41) is 0. The molecule has 0 saturated carbocycles. The van der Waals surface area contributed by atoms with Gasteiger partial charge in [-0.1, -0.05) is 35.9 Å². The number of carbonyl (C=O) groups is 1. The van der Waals surface area contributed by atoms with Crippen LogP contribution in [-0.4, -0.2) is 27.7 Å². The topological polar surface area (TPSA) is 91.4 Å². The number of rotatable bonds is 11. The minimum absolute atomic E-state index is 0.00620. The second-order valence-electron chi connectivity index (χ2n) is 9.15. The summed E-state index contributed by atoms with van der Waals surface area (Å²) in [5.41, 5.74) is 1.56. The largest absolute Gasteiger partial charge is 0.497 e. The zero-order valence-electron chi connectivity index (χ0n) is 23.0. The van der Waals surface area contributed by atoms with E-state index in [9.17, 15) is 17.6 Å². The van der Waals surface area contributed by atoms with Gasteiger partial charge in [-0.25, -0.2) is 8.57 Å². The molecule has 4 aromatic rings. The molecule has 0 aromatic heterocycles. The third-order valence-electron chi connectivity index (χ3n) is 6.02. The van der Waals surface area contributed by atoms with E-state index < -0.39 is 28.1 Å². The fourth-order valence-electron chi connectivity index (χ4n) is 4.00. The summed E-state index contributed by atoms with van der Waals surface area (Å²) in [6, 6.07) is 23.9. The lowest BCUT2D eigenvalue weighted by molar-refractivity contribution is -0.116. The quantitative estimate of drug-likeness (QED) is 0.146. The van der Waals surface area contributed by atoms with Crippen LogP contribution in [0.2, 0.25) is 0 Å². The fraction of sp³-hybridized carbons (Fsp3) is 0.194. The van der Waals surface area contributed by atoms with E-state index in [2.05, 4.69) is 0 Å². The van der Waals surface area contributed by atoms with Crippen molar-refractivity contribution >= 4 is 21.7 Å². The molecule has 0 aliphatic rings. The molecule has 0 radical (unpaired) electrons. The first-order valence-electron chi connectivity index (χ1n) is 12.7. The van der Waals surface area contributed by atoms with Crippen LogP contribution in [-0.2, 0) is 25.6 Å². The molecule has 0 saturated heterocycles. The van der Waals surface area contributed by atoms with Crippen molar-refractivity contribution in [2.75, 3.05) is 12.0 Å². The predicted octanol–water partition coefficient (Wildman–Crippen LogP) is 6.62. The average molecular weight is 580 g/mol. The molecular formula is C31H30FNO7S. The molecular weight excluding hydrogens is 549 g/mol. The van der Waals surface area contributed by atoms with Crippen molar-refractivity contribution in [1.29, 1.82) is 0 Å². The van der Waals surface area contributed by atoms with Gasteiger partial charge in [-0.15, -0.1) is 0 Å². The molecule has 0 spiro atoms. The van der Waals surface area contributed by atoms with Crippen LogP contribution in [0.15, 0.2) is 95.9 Å². The molecule has 41 heavy (non-hydrogen) atoms. The van der Waals surface area contributed by atoms with Crippen molar-refractivity contribution in [3.8, 4) is 23.0 Å². The van der Waals surface area contributed by atoms with Gasteiger partial charge in [-0.2, -0.15) is 8.42 Å². The molecule has 0 fully saturated rings. The summed E-state index contributed by atoms with van der Waals surface area (Å²) in [4.78, 5) is 14.2. The Bertz CT molecular complexity index is 1610. The number of hydrogen-bond donors (Lipinski definition) is 0. The van der Waals surface area contributed by atoms with E-state index in [0.29, 0.717) is 17.1 Å². The summed E-state index contributed by atoms with van der Waals surface area (Å²) >= 11 is 0. The lowest BCUT2D eigenvalue weighted by atomic mass is 10.1. The Labute approximate surface area is 239 Å². The highest BCUT2D eigenvalue weighted by molar-refractivity contribution is 7.86. The predicted molar refractivity (Wildman–Crippen MR) is 152 cm³/mol.